The highest BCUT2D eigenvalue weighted by molar-refractivity contribution is 7.10. The van der Waals surface area contributed by atoms with Gasteiger partial charge in [0.25, 0.3) is 0 Å². The van der Waals surface area contributed by atoms with E-state index in [0.29, 0.717) is 11.3 Å². The van der Waals surface area contributed by atoms with Gasteiger partial charge in [-0.3, -0.25) is 5.32 Å². The van der Waals surface area contributed by atoms with Crippen LogP contribution in [-0.2, 0) is 9.47 Å². The van der Waals surface area contributed by atoms with Crippen LogP contribution in [0.1, 0.15) is 54.9 Å². The Hall–Kier alpha value is -4.49. The molecule has 0 fully saturated rings. The first-order valence-electron chi connectivity index (χ1n) is 13.6. The summed E-state index contributed by atoms with van der Waals surface area (Å²) in [4.78, 5) is 25.3. The second-order valence-corrected chi connectivity index (χ2v) is 10.4. The van der Waals surface area contributed by atoms with Crippen molar-refractivity contribution in [3.63, 3.8) is 0 Å². The summed E-state index contributed by atoms with van der Waals surface area (Å²) in [5, 5.41) is 5.05. The smallest absolute Gasteiger partial charge is 0.412 e. The molecule has 0 aliphatic heterocycles. The van der Waals surface area contributed by atoms with E-state index >= 15 is 0 Å². The van der Waals surface area contributed by atoms with Crippen LogP contribution in [0.5, 0.6) is 0 Å². The van der Waals surface area contributed by atoms with Crippen molar-refractivity contribution in [3.05, 3.63) is 108 Å². The summed E-state index contributed by atoms with van der Waals surface area (Å²) in [5.41, 5.74) is 5.86. The summed E-state index contributed by atoms with van der Waals surface area (Å²) in [7, 11) is 1.37. The number of carbonyl (C=O) groups excluding carboxylic acids is 2. The summed E-state index contributed by atoms with van der Waals surface area (Å²) in [6.07, 6.45) is 0.354. The van der Waals surface area contributed by atoms with E-state index in [1.54, 1.807) is 12.1 Å². The lowest BCUT2D eigenvalue weighted by Crippen LogP contribution is -2.16. The van der Waals surface area contributed by atoms with Crippen molar-refractivity contribution < 1.29 is 19.1 Å². The van der Waals surface area contributed by atoms with Gasteiger partial charge in [0.2, 0.25) is 0 Å². The van der Waals surface area contributed by atoms with Crippen LogP contribution < -0.4 is 5.32 Å². The number of esters is 1. The Kier molecular flexibility index (Phi) is 9.87. The van der Waals surface area contributed by atoms with Gasteiger partial charge >= 0.3 is 12.1 Å². The summed E-state index contributed by atoms with van der Waals surface area (Å²) in [5.74, 6) is -0.353. The number of rotatable bonds is 6. The number of nitrogens with zero attached hydrogens (tertiary/aromatic N) is 1. The van der Waals surface area contributed by atoms with Crippen molar-refractivity contribution in [2.45, 2.75) is 40.2 Å². The lowest BCUT2D eigenvalue weighted by molar-refractivity contribution is 0.0600. The molecule has 0 bridgehead atoms. The Labute approximate surface area is 245 Å². The molecule has 1 N–H and O–H groups in total. The number of anilines is 1. The zero-order valence-corrected chi connectivity index (χ0v) is 24.7. The normalized spacial score (nSPS) is 11.2. The average Bonchev–Trinajstić information content (AvgIpc) is 3.36. The lowest BCUT2D eigenvalue weighted by Gasteiger charge is -2.15. The second kappa shape index (κ2) is 13.7. The molecule has 6 nitrogen and oxygen atoms in total. The largest absolute Gasteiger partial charge is 0.465 e. The van der Waals surface area contributed by atoms with E-state index in [0.717, 1.165) is 43.6 Å². The van der Waals surface area contributed by atoms with Crippen LogP contribution in [-0.4, -0.2) is 23.5 Å². The maximum absolute atomic E-state index is 12.7. The highest BCUT2D eigenvalue weighted by Crippen LogP contribution is 2.37. The standard InChI is InChI=1S/C31H26N2O4S.C3H8/c1-19-28(32-31(35)37-20(2)21-7-5-4-6-8-21)29(38-33-19)27-16-15-25-17-24(13-14-26(25)18-27)22-9-11-23(12-10-22)30(34)36-3;1-3-2/h4-18,20H,1-3H3,(H,32,35);3H2,1-2H3/t20-;/m1./s1. The molecular formula is C34H34N2O4S. The van der Waals surface area contributed by atoms with Crippen molar-refractivity contribution in [3.8, 4) is 21.6 Å². The van der Waals surface area contributed by atoms with Gasteiger partial charge < -0.3 is 9.47 Å². The fraction of sp³-hybridized carbons (Fsp3) is 0.206. The van der Waals surface area contributed by atoms with Gasteiger partial charge in [-0.2, -0.15) is 4.37 Å². The van der Waals surface area contributed by atoms with E-state index in [-0.39, 0.29) is 12.1 Å². The number of hydrogen-bond donors (Lipinski definition) is 1. The van der Waals surface area contributed by atoms with E-state index in [9.17, 15) is 9.59 Å². The van der Waals surface area contributed by atoms with Gasteiger partial charge in [0, 0.05) is 0 Å². The van der Waals surface area contributed by atoms with E-state index in [1.165, 1.54) is 25.1 Å². The minimum absolute atomic E-state index is 0.353. The molecule has 0 aliphatic carbocycles. The average molecular weight is 567 g/mol. The number of ether oxygens (including phenoxy) is 2. The van der Waals surface area contributed by atoms with Crippen LogP contribution in [0.15, 0.2) is 91.0 Å². The maximum atomic E-state index is 12.7. The zero-order chi connectivity index (χ0) is 29.4. The Morgan fingerprint density at radius 1 is 0.854 bits per heavy atom. The van der Waals surface area contributed by atoms with Gasteiger partial charge in [-0.25, -0.2) is 9.59 Å². The molecule has 5 rings (SSSR count). The molecule has 210 valence electrons. The number of aryl methyl sites for hydroxylation is 1. The van der Waals surface area contributed by atoms with Gasteiger partial charge in [0.15, 0.2) is 0 Å². The summed E-state index contributed by atoms with van der Waals surface area (Å²) >= 11 is 1.34. The molecule has 0 unspecified atom stereocenters. The SMILES string of the molecule is CCC.COC(=O)c1ccc(-c2ccc3cc(-c4snc(C)c4NC(=O)O[C@H](C)c4ccccc4)ccc3c2)cc1. The third kappa shape index (κ3) is 7.18. The van der Waals surface area contributed by atoms with Gasteiger partial charge in [-0.1, -0.05) is 87.0 Å². The molecule has 0 aliphatic rings. The van der Waals surface area contributed by atoms with Crippen molar-refractivity contribution in [2.24, 2.45) is 0 Å². The molecule has 1 heterocycles. The minimum atomic E-state index is -0.519. The first-order valence-corrected chi connectivity index (χ1v) is 14.3. The molecule has 1 atom stereocenters. The monoisotopic (exact) mass is 566 g/mol. The Morgan fingerprint density at radius 3 is 2.07 bits per heavy atom. The van der Waals surface area contributed by atoms with Gasteiger partial charge in [-0.15, -0.1) is 0 Å². The highest BCUT2D eigenvalue weighted by Gasteiger charge is 2.18. The van der Waals surface area contributed by atoms with Gasteiger partial charge in [-0.05, 0) is 82.7 Å². The van der Waals surface area contributed by atoms with E-state index < -0.39 is 6.09 Å². The topological polar surface area (TPSA) is 77.5 Å². The van der Waals surface area contributed by atoms with Crippen molar-refractivity contribution >= 4 is 40.1 Å². The highest BCUT2D eigenvalue weighted by atomic mass is 32.1. The van der Waals surface area contributed by atoms with Crippen LogP contribution >= 0.6 is 11.5 Å². The zero-order valence-electron chi connectivity index (χ0n) is 23.9. The van der Waals surface area contributed by atoms with Crippen LogP contribution in [0.4, 0.5) is 10.5 Å². The quantitative estimate of drug-likeness (QED) is 0.207. The maximum Gasteiger partial charge on any atom is 0.412 e. The summed E-state index contributed by atoms with van der Waals surface area (Å²) in [6.45, 7) is 7.97. The van der Waals surface area contributed by atoms with Crippen LogP contribution in [0.3, 0.4) is 0 Å². The third-order valence-electron chi connectivity index (χ3n) is 6.38. The van der Waals surface area contributed by atoms with Crippen LogP contribution in [0.25, 0.3) is 32.3 Å². The molecular weight excluding hydrogens is 532 g/mol. The molecule has 1 aromatic heterocycles. The van der Waals surface area contributed by atoms with Crippen LogP contribution in [0.2, 0.25) is 0 Å². The second-order valence-electron chi connectivity index (χ2n) is 9.61. The number of hydrogen-bond acceptors (Lipinski definition) is 6. The van der Waals surface area contributed by atoms with E-state index in [2.05, 4.69) is 53.9 Å². The van der Waals surface area contributed by atoms with Crippen molar-refractivity contribution in [1.29, 1.82) is 0 Å². The molecule has 7 heteroatoms. The Balaban J connectivity index is 0.00000124. The van der Waals surface area contributed by atoms with Crippen LogP contribution in [0, 0.1) is 6.92 Å². The number of fused-ring (bicyclic) bond motifs is 1. The number of benzene rings is 4. The molecule has 0 saturated carbocycles. The lowest BCUT2D eigenvalue weighted by atomic mass is 9.98. The Morgan fingerprint density at radius 2 is 1.44 bits per heavy atom. The molecule has 41 heavy (non-hydrogen) atoms. The first kappa shape index (κ1) is 29.5. The number of carbonyl (C=O) groups is 2. The molecule has 4 aromatic carbocycles. The molecule has 5 aromatic rings. The fourth-order valence-electron chi connectivity index (χ4n) is 4.28. The van der Waals surface area contributed by atoms with Gasteiger partial charge in [0.05, 0.1) is 28.9 Å². The predicted molar refractivity (Wildman–Crippen MR) is 167 cm³/mol. The Bertz CT molecular complexity index is 1630. The summed E-state index contributed by atoms with van der Waals surface area (Å²) in [6, 6.07) is 29.4. The van der Waals surface area contributed by atoms with Crippen molar-refractivity contribution in [1.82, 2.24) is 4.37 Å². The minimum Gasteiger partial charge on any atom is -0.465 e. The first-order chi connectivity index (χ1) is 19.8. The molecule has 0 spiro atoms. The predicted octanol–water partition coefficient (Wildman–Crippen LogP) is 9.45. The third-order valence-corrected chi connectivity index (χ3v) is 7.37. The summed E-state index contributed by atoms with van der Waals surface area (Å²) < 4.78 is 14.9. The number of nitrogens with one attached hydrogen (secondary N) is 1. The van der Waals surface area contributed by atoms with Gasteiger partial charge in [0.1, 0.15) is 6.10 Å². The fourth-order valence-corrected chi connectivity index (χ4v) is 5.12. The number of aromatic nitrogens is 1. The molecule has 1 amide bonds. The number of methoxy groups -OCH3 is 1. The van der Waals surface area contributed by atoms with Crippen molar-refractivity contribution in [2.75, 3.05) is 12.4 Å². The van der Waals surface area contributed by atoms with E-state index in [4.69, 9.17) is 9.47 Å². The number of amides is 1. The van der Waals surface area contributed by atoms with E-state index in [1.807, 2.05) is 62.4 Å². The molecule has 0 radical (unpaired) electrons. The molecule has 0 saturated heterocycles.